The van der Waals surface area contributed by atoms with Gasteiger partial charge in [-0.1, -0.05) is 18.2 Å². The number of carbonyl (C=O) groups excluding carboxylic acids is 1. The lowest BCUT2D eigenvalue weighted by Gasteiger charge is -2.23. The summed E-state index contributed by atoms with van der Waals surface area (Å²) >= 11 is 0. The minimum atomic E-state index is -0.0580. The van der Waals surface area contributed by atoms with Crippen LogP contribution in [0.4, 0.5) is 5.69 Å². The second kappa shape index (κ2) is 5.09. The summed E-state index contributed by atoms with van der Waals surface area (Å²) in [6.07, 6.45) is 0. The number of aromatic nitrogens is 2. The van der Waals surface area contributed by atoms with E-state index in [0.29, 0.717) is 12.2 Å². The summed E-state index contributed by atoms with van der Waals surface area (Å²) in [6, 6.07) is 10.0. The first-order valence-electron chi connectivity index (χ1n) is 6.80. The average molecular weight is 270 g/mol. The highest BCUT2D eigenvalue weighted by Crippen LogP contribution is 2.24. The maximum atomic E-state index is 12.7. The van der Waals surface area contributed by atoms with Crippen molar-refractivity contribution in [3.8, 4) is 0 Å². The molecule has 1 aliphatic heterocycles. The molecule has 0 spiro atoms. The van der Waals surface area contributed by atoms with E-state index in [1.165, 1.54) is 0 Å². The third-order valence-electron chi connectivity index (χ3n) is 3.55. The Balaban J connectivity index is 2.00. The van der Waals surface area contributed by atoms with Gasteiger partial charge in [0.1, 0.15) is 0 Å². The number of anilines is 1. The molecule has 2 N–H and O–H groups in total. The monoisotopic (exact) mass is 270 g/mol. The van der Waals surface area contributed by atoms with Crippen molar-refractivity contribution >= 4 is 11.6 Å². The quantitative estimate of drug-likeness (QED) is 0.831. The number of amides is 1. The topological polar surface area (TPSA) is 61.0 Å². The highest BCUT2D eigenvalue weighted by Gasteiger charge is 2.26. The summed E-state index contributed by atoms with van der Waals surface area (Å²) < 4.78 is 0. The van der Waals surface area contributed by atoms with E-state index < -0.39 is 0 Å². The first kappa shape index (κ1) is 12.9. The van der Waals surface area contributed by atoms with Gasteiger partial charge in [-0.3, -0.25) is 9.89 Å². The molecular formula is C15H18N4O. The molecule has 2 heterocycles. The fraction of sp³-hybridized carbons (Fsp3) is 0.333. The highest BCUT2D eigenvalue weighted by atomic mass is 16.2. The zero-order chi connectivity index (χ0) is 14.1. The van der Waals surface area contributed by atoms with E-state index in [1.807, 2.05) is 30.0 Å². The van der Waals surface area contributed by atoms with Gasteiger partial charge in [0.2, 0.25) is 0 Å². The molecule has 20 heavy (non-hydrogen) atoms. The fourth-order valence-electron chi connectivity index (χ4n) is 2.50. The van der Waals surface area contributed by atoms with Gasteiger partial charge < -0.3 is 10.2 Å². The van der Waals surface area contributed by atoms with Crippen LogP contribution in [0.15, 0.2) is 30.3 Å². The van der Waals surface area contributed by atoms with Gasteiger partial charge in [0.05, 0.1) is 0 Å². The maximum absolute atomic E-state index is 12.7. The van der Waals surface area contributed by atoms with E-state index >= 15 is 0 Å². The summed E-state index contributed by atoms with van der Waals surface area (Å²) in [5, 5.41) is 10.3. The first-order valence-corrected chi connectivity index (χ1v) is 6.80. The van der Waals surface area contributed by atoms with Gasteiger partial charge in [-0.15, -0.1) is 0 Å². The lowest BCUT2D eigenvalue weighted by atomic mass is 10.1. The van der Waals surface area contributed by atoms with Crippen molar-refractivity contribution in [2.24, 2.45) is 0 Å². The molecule has 104 valence electrons. The van der Waals surface area contributed by atoms with Crippen molar-refractivity contribution in [2.75, 3.05) is 11.4 Å². The molecule has 1 aliphatic rings. The molecule has 1 aromatic heterocycles. The molecule has 1 unspecified atom stereocenters. The number of carbonyl (C=O) groups is 1. The van der Waals surface area contributed by atoms with Crippen LogP contribution in [0.1, 0.15) is 28.7 Å². The SMILES string of the molecule is Cc1cc(C(=O)N2CC(C)NCc3ccccc32)n[nH]1. The van der Waals surface area contributed by atoms with Gasteiger partial charge in [0.15, 0.2) is 5.69 Å². The van der Waals surface area contributed by atoms with Crippen molar-refractivity contribution < 1.29 is 4.79 Å². The number of nitrogens with zero attached hydrogens (tertiary/aromatic N) is 2. The number of aromatic amines is 1. The predicted molar refractivity (Wildman–Crippen MR) is 77.7 cm³/mol. The molecule has 0 radical (unpaired) electrons. The molecule has 1 amide bonds. The van der Waals surface area contributed by atoms with E-state index in [-0.39, 0.29) is 11.9 Å². The third-order valence-corrected chi connectivity index (χ3v) is 3.55. The molecule has 0 fully saturated rings. The molecule has 3 rings (SSSR count). The molecule has 0 saturated carbocycles. The zero-order valence-corrected chi connectivity index (χ0v) is 11.7. The van der Waals surface area contributed by atoms with Gasteiger partial charge in [-0.2, -0.15) is 5.10 Å². The Labute approximate surface area is 118 Å². The Morgan fingerprint density at radius 1 is 1.40 bits per heavy atom. The van der Waals surface area contributed by atoms with Crippen LogP contribution < -0.4 is 10.2 Å². The summed E-state index contributed by atoms with van der Waals surface area (Å²) in [6.45, 7) is 5.40. The normalized spacial score (nSPS) is 18.5. The Kier molecular flexibility index (Phi) is 3.28. The Bertz CT molecular complexity index is 634. The lowest BCUT2D eigenvalue weighted by Crippen LogP contribution is -2.39. The number of fused-ring (bicyclic) bond motifs is 1. The smallest absolute Gasteiger partial charge is 0.278 e. The summed E-state index contributed by atoms with van der Waals surface area (Å²) in [4.78, 5) is 14.5. The Morgan fingerprint density at radius 2 is 2.20 bits per heavy atom. The molecule has 1 aromatic carbocycles. The van der Waals surface area contributed by atoms with E-state index in [9.17, 15) is 4.79 Å². The lowest BCUT2D eigenvalue weighted by molar-refractivity contribution is 0.0980. The second-order valence-corrected chi connectivity index (χ2v) is 5.26. The van der Waals surface area contributed by atoms with E-state index in [0.717, 1.165) is 23.5 Å². The number of aryl methyl sites for hydroxylation is 1. The molecule has 1 atom stereocenters. The summed E-state index contributed by atoms with van der Waals surface area (Å²) in [7, 11) is 0. The first-order chi connectivity index (χ1) is 9.65. The highest BCUT2D eigenvalue weighted by molar-refractivity contribution is 6.05. The third kappa shape index (κ3) is 2.32. The van der Waals surface area contributed by atoms with Crippen molar-refractivity contribution in [1.29, 1.82) is 0 Å². The molecule has 5 nitrogen and oxygen atoms in total. The van der Waals surface area contributed by atoms with Gasteiger partial charge in [-0.05, 0) is 31.5 Å². The molecule has 0 aliphatic carbocycles. The largest absolute Gasteiger partial charge is 0.308 e. The molecule has 5 heteroatoms. The maximum Gasteiger partial charge on any atom is 0.278 e. The van der Waals surface area contributed by atoms with Gasteiger partial charge >= 0.3 is 0 Å². The van der Waals surface area contributed by atoms with Crippen LogP contribution in [0.3, 0.4) is 0 Å². The van der Waals surface area contributed by atoms with Crippen LogP contribution in [0.5, 0.6) is 0 Å². The number of benzene rings is 1. The minimum absolute atomic E-state index is 0.0580. The van der Waals surface area contributed by atoms with Crippen LogP contribution in [0.2, 0.25) is 0 Å². The minimum Gasteiger partial charge on any atom is -0.308 e. The second-order valence-electron chi connectivity index (χ2n) is 5.26. The van der Waals surface area contributed by atoms with Gasteiger partial charge in [-0.25, -0.2) is 0 Å². The van der Waals surface area contributed by atoms with Crippen LogP contribution in [0, 0.1) is 6.92 Å². The van der Waals surface area contributed by atoms with Crippen molar-refractivity contribution in [3.63, 3.8) is 0 Å². The van der Waals surface area contributed by atoms with Crippen molar-refractivity contribution in [2.45, 2.75) is 26.4 Å². The van der Waals surface area contributed by atoms with E-state index in [2.05, 4.69) is 28.5 Å². The van der Waals surface area contributed by atoms with Crippen LogP contribution in [-0.4, -0.2) is 28.7 Å². The van der Waals surface area contributed by atoms with Crippen LogP contribution in [-0.2, 0) is 6.54 Å². The standard InChI is InChI=1S/C15H18N4O/c1-10-7-13(18-17-10)15(20)19-9-11(2)16-8-12-5-3-4-6-14(12)19/h3-7,11,16H,8-9H2,1-2H3,(H,17,18). The van der Waals surface area contributed by atoms with Crippen LogP contribution in [0.25, 0.3) is 0 Å². The fourth-order valence-corrected chi connectivity index (χ4v) is 2.50. The number of H-pyrrole nitrogens is 1. The Morgan fingerprint density at radius 3 is 2.95 bits per heavy atom. The molecule has 0 saturated heterocycles. The summed E-state index contributed by atoms with van der Waals surface area (Å²) in [5.41, 5.74) is 3.46. The molecular weight excluding hydrogens is 252 g/mol. The Hall–Kier alpha value is -2.14. The number of hydrogen-bond acceptors (Lipinski definition) is 3. The number of para-hydroxylation sites is 1. The van der Waals surface area contributed by atoms with E-state index in [1.54, 1.807) is 6.07 Å². The van der Waals surface area contributed by atoms with Crippen molar-refractivity contribution in [3.05, 3.63) is 47.3 Å². The zero-order valence-electron chi connectivity index (χ0n) is 11.7. The summed E-state index contributed by atoms with van der Waals surface area (Å²) in [5.74, 6) is -0.0580. The number of rotatable bonds is 1. The predicted octanol–water partition coefficient (Wildman–Crippen LogP) is 1.86. The van der Waals surface area contributed by atoms with Gasteiger partial charge in [0.25, 0.3) is 5.91 Å². The molecule has 0 bridgehead atoms. The van der Waals surface area contributed by atoms with Gasteiger partial charge in [0, 0.05) is 30.5 Å². The van der Waals surface area contributed by atoms with Crippen molar-refractivity contribution in [1.82, 2.24) is 15.5 Å². The average Bonchev–Trinajstić information content (AvgIpc) is 2.81. The number of nitrogens with one attached hydrogen (secondary N) is 2. The van der Waals surface area contributed by atoms with Crippen LogP contribution >= 0.6 is 0 Å². The van der Waals surface area contributed by atoms with E-state index in [4.69, 9.17) is 0 Å². The number of hydrogen-bond donors (Lipinski definition) is 2. The molecule has 2 aromatic rings.